The lowest BCUT2D eigenvalue weighted by Crippen LogP contribution is -2.49. The molecule has 3 fully saturated rings. The summed E-state index contributed by atoms with van der Waals surface area (Å²) in [7, 11) is -3.79. The Balaban J connectivity index is 1.25. The molecule has 0 radical (unpaired) electrons. The van der Waals surface area contributed by atoms with Crippen molar-refractivity contribution in [1.29, 1.82) is 0 Å². The van der Waals surface area contributed by atoms with E-state index in [0.717, 1.165) is 0 Å². The van der Waals surface area contributed by atoms with Crippen LogP contribution in [0.5, 0.6) is 0 Å². The van der Waals surface area contributed by atoms with Gasteiger partial charge in [-0.15, -0.1) is 0 Å². The van der Waals surface area contributed by atoms with E-state index < -0.39 is 21.9 Å². The lowest BCUT2D eigenvalue weighted by atomic mass is 9.77. The van der Waals surface area contributed by atoms with Crippen molar-refractivity contribution in [2.24, 2.45) is 23.3 Å². The summed E-state index contributed by atoms with van der Waals surface area (Å²) in [6.45, 7) is 1.78. The summed E-state index contributed by atoms with van der Waals surface area (Å²) in [6, 6.07) is 8.57. The molecule has 1 aromatic carbocycles. The van der Waals surface area contributed by atoms with Crippen LogP contribution in [0.3, 0.4) is 0 Å². The van der Waals surface area contributed by atoms with Crippen molar-refractivity contribution >= 4 is 39.0 Å². The molecule has 5 rings (SSSR count). The van der Waals surface area contributed by atoms with Gasteiger partial charge in [-0.25, -0.2) is 22.2 Å². The fourth-order valence-corrected chi connectivity index (χ4v) is 7.55. The van der Waals surface area contributed by atoms with Gasteiger partial charge in [0.1, 0.15) is 11.0 Å². The molecule has 0 unspecified atom stereocenters. The molecule has 1 saturated carbocycles. The monoisotopic (exact) mass is 596 g/mol. The van der Waals surface area contributed by atoms with Gasteiger partial charge in [-0.2, -0.15) is 4.31 Å². The van der Waals surface area contributed by atoms with Crippen LogP contribution in [-0.4, -0.2) is 68.9 Å². The highest BCUT2D eigenvalue weighted by Gasteiger charge is 2.43. The fraction of sp³-hybridized carbons (Fsp3) is 0.556. The second kappa shape index (κ2) is 11.5. The normalized spacial score (nSPS) is 25.0. The SMILES string of the molecule is NC[C@H]1CC[C@H](C(F)(F)c2cc(Cl)nc(N3CCN(S(=O)(=O)c4ccc(N5C[C@H](N)CC5=O)cc4)CC3)c2)CC1. The number of piperazine rings is 1. The predicted molar refractivity (Wildman–Crippen MR) is 150 cm³/mol. The smallest absolute Gasteiger partial charge is 0.276 e. The highest BCUT2D eigenvalue weighted by atomic mass is 35.5. The summed E-state index contributed by atoms with van der Waals surface area (Å²) in [5.74, 6) is -3.32. The van der Waals surface area contributed by atoms with Crippen molar-refractivity contribution in [3.8, 4) is 0 Å². The number of carbonyl (C=O) groups is 1. The highest BCUT2D eigenvalue weighted by Crippen LogP contribution is 2.45. The summed E-state index contributed by atoms with van der Waals surface area (Å²) < 4.78 is 59.0. The Labute approximate surface area is 238 Å². The first kappa shape index (κ1) is 29.1. The molecule has 2 aromatic rings. The van der Waals surface area contributed by atoms with Gasteiger partial charge in [-0.3, -0.25) is 4.79 Å². The topological polar surface area (TPSA) is 126 Å². The number of sulfonamides is 1. The number of nitrogens with two attached hydrogens (primary N) is 2. The minimum absolute atomic E-state index is 0.0181. The highest BCUT2D eigenvalue weighted by molar-refractivity contribution is 7.89. The number of carbonyl (C=O) groups excluding carboxylic acids is 1. The number of nitrogens with zero attached hydrogens (tertiary/aromatic N) is 4. The van der Waals surface area contributed by atoms with Gasteiger partial charge in [0, 0.05) is 62.4 Å². The van der Waals surface area contributed by atoms with E-state index in [-0.39, 0.29) is 60.2 Å². The zero-order valence-electron chi connectivity index (χ0n) is 22.2. The average molecular weight is 597 g/mol. The third kappa shape index (κ3) is 5.82. The van der Waals surface area contributed by atoms with E-state index in [1.807, 2.05) is 0 Å². The van der Waals surface area contributed by atoms with Gasteiger partial charge < -0.3 is 21.3 Å². The lowest BCUT2D eigenvalue weighted by Gasteiger charge is -2.36. The Bertz CT molecular complexity index is 1330. The Morgan fingerprint density at radius 1 is 1.02 bits per heavy atom. The van der Waals surface area contributed by atoms with Crippen molar-refractivity contribution in [2.45, 2.75) is 49.0 Å². The third-order valence-electron chi connectivity index (χ3n) is 8.36. The number of hydrogen-bond acceptors (Lipinski definition) is 7. The number of amides is 1. The summed E-state index contributed by atoms with van der Waals surface area (Å²) in [4.78, 5) is 19.9. The molecule has 9 nitrogen and oxygen atoms in total. The number of halogens is 3. The van der Waals surface area contributed by atoms with Gasteiger partial charge in [-0.1, -0.05) is 11.6 Å². The molecule has 1 amide bonds. The van der Waals surface area contributed by atoms with Crippen molar-refractivity contribution in [1.82, 2.24) is 9.29 Å². The van der Waals surface area contributed by atoms with Crippen molar-refractivity contribution in [3.63, 3.8) is 0 Å². The van der Waals surface area contributed by atoms with E-state index in [2.05, 4.69) is 4.98 Å². The number of alkyl halides is 2. The maximum absolute atomic E-state index is 15.5. The zero-order chi connectivity index (χ0) is 28.7. The molecule has 4 N–H and O–H groups in total. The molecule has 0 spiro atoms. The van der Waals surface area contributed by atoms with Gasteiger partial charge >= 0.3 is 0 Å². The van der Waals surface area contributed by atoms with Crippen LogP contribution in [0.2, 0.25) is 5.15 Å². The molecule has 218 valence electrons. The quantitative estimate of drug-likeness (QED) is 0.470. The van der Waals surface area contributed by atoms with E-state index >= 15 is 8.78 Å². The molecule has 40 heavy (non-hydrogen) atoms. The minimum Gasteiger partial charge on any atom is -0.354 e. The van der Waals surface area contributed by atoms with Gasteiger partial charge in [0.25, 0.3) is 5.92 Å². The predicted octanol–water partition coefficient (Wildman–Crippen LogP) is 3.17. The van der Waals surface area contributed by atoms with E-state index in [1.54, 1.807) is 21.9 Å². The van der Waals surface area contributed by atoms with Crippen molar-refractivity contribution < 1.29 is 22.0 Å². The molecule has 2 saturated heterocycles. The molecular formula is C27H35ClF2N6O3S. The second-order valence-electron chi connectivity index (χ2n) is 11.0. The van der Waals surface area contributed by atoms with Gasteiger partial charge in [0.05, 0.1) is 4.90 Å². The number of hydrogen-bond donors (Lipinski definition) is 2. The molecule has 0 bridgehead atoms. The lowest BCUT2D eigenvalue weighted by molar-refractivity contribution is -0.117. The first-order valence-electron chi connectivity index (χ1n) is 13.7. The van der Waals surface area contributed by atoms with Crippen molar-refractivity contribution in [2.75, 3.05) is 49.1 Å². The van der Waals surface area contributed by atoms with Crippen LogP contribution in [-0.2, 0) is 20.7 Å². The van der Waals surface area contributed by atoms with Crippen molar-refractivity contribution in [3.05, 3.63) is 47.1 Å². The Kier molecular flexibility index (Phi) is 8.36. The van der Waals surface area contributed by atoms with Gasteiger partial charge in [0.2, 0.25) is 15.9 Å². The zero-order valence-corrected chi connectivity index (χ0v) is 23.8. The fourth-order valence-electron chi connectivity index (χ4n) is 5.92. The number of anilines is 2. The Morgan fingerprint density at radius 2 is 1.68 bits per heavy atom. The molecule has 13 heteroatoms. The molecular weight excluding hydrogens is 562 g/mol. The first-order chi connectivity index (χ1) is 19.0. The Hall–Kier alpha value is -2.38. The van der Waals surface area contributed by atoms with Crippen LogP contribution in [0.4, 0.5) is 20.3 Å². The van der Waals surface area contributed by atoms with Crippen LogP contribution in [0.25, 0.3) is 0 Å². The number of pyridine rings is 1. The van der Waals surface area contributed by atoms with Crippen LogP contribution in [0, 0.1) is 11.8 Å². The molecule has 1 atom stereocenters. The number of aromatic nitrogens is 1. The maximum Gasteiger partial charge on any atom is 0.276 e. The van der Waals surface area contributed by atoms with Crippen LogP contribution in [0.1, 0.15) is 37.7 Å². The standard InChI is InChI=1S/C27H35ClF2N6O3S/c28-24-13-20(27(29,30)19-3-1-18(16-31)2-4-19)14-25(33-24)34-9-11-35(12-10-34)40(38,39)23-7-5-22(6-8-23)36-17-21(32)15-26(36)37/h5-8,13-14,18-19,21H,1-4,9-12,15-17,31-32H2/t18-,19-,21-/m1/s1. The van der Waals surface area contributed by atoms with Gasteiger partial charge in [0.15, 0.2) is 0 Å². The summed E-state index contributed by atoms with van der Waals surface area (Å²) in [6.07, 6.45) is 2.45. The molecule has 2 aliphatic heterocycles. The first-order valence-corrected chi connectivity index (χ1v) is 15.5. The average Bonchev–Trinajstić information content (AvgIpc) is 3.30. The third-order valence-corrected chi connectivity index (χ3v) is 10.5. The van der Waals surface area contributed by atoms with Crippen LogP contribution < -0.4 is 21.3 Å². The maximum atomic E-state index is 15.5. The van der Waals surface area contributed by atoms with E-state index in [9.17, 15) is 13.2 Å². The van der Waals surface area contributed by atoms with Crippen LogP contribution in [0.15, 0.2) is 41.3 Å². The second-order valence-corrected chi connectivity index (χ2v) is 13.3. The molecule has 1 aliphatic carbocycles. The van der Waals surface area contributed by atoms with Crippen LogP contribution >= 0.6 is 11.6 Å². The molecule has 3 heterocycles. The summed E-state index contributed by atoms with van der Waals surface area (Å²) in [5.41, 5.74) is 12.0. The summed E-state index contributed by atoms with van der Waals surface area (Å²) >= 11 is 6.19. The van der Waals surface area contributed by atoms with E-state index in [1.165, 1.54) is 28.6 Å². The molecule has 1 aromatic heterocycles. The van der Waals surface area contributed by atoms with E-state index in [0.29, 0.717) is 56.2 Å². The van der Waals surface area contributed by atoms with Gasteiger partial charge in [-0.05, 0) is 74.5 Å². The summed E-state index contributed by atoms with van der Waals surface area (Å²) in [5, 5.41) is -0.0181. The molecule has 3 aliphatic rings. The van der Waals surface area contributed by atoms with E-state index in [4.69, 9.17) is 23.1 Å². The largest absolute Gasteiger partial charge is 0.354 e. The number of benzene rings is 1. The minimum atomic E-state index is -3.79. The number of rotatable bonds is 7. The Morgan fingerprint density at radius 3 is 2.25 bits per heavy atom.